The van der Waals surface area contributed by atoms with Crippen LogP contribution in [0.3, 0.4) is 0 Å². The molecule has 0 N–H and O–H groups in total. The van der Waals surface area contributed by atoms with Gasteiger partial charge in [0.15, 0.2) is 0 Å². The van der Waals surface area contributed by atoms with Crippen molar-refractivity contribution in [3.63, 3.8) is 0 Å². The fraction of sp³-hybridized carbons (Fsp3) is 0.533. The third-order valence-electron chi connectivity index (χ3n) is 2.83. The zero-order valence-corrected chi connectivity index (χ0v) is 17.4. The van der Waals surface area contributed by atoms with Crippen LogP contribution in [0, 0.1) is 11.3 Å². The molecule has 1 rings (SSSR count). The van der Waals surface area contributed by atoms with Crippen molar-refractivity contribution in [3.05, 3.63) is 31.7 Å². The quantitative estimate of drug-likeness (QED) is 0.410. The molecule has 22 heavy (non-hydrogen) atoms. The van der Waals surface area contributed by atoms with Gasteiger partial charge in [0.2, 0.25) is 0 Å². The van der Waals surface area contributed by atoms with Gasteiger partial charge in [-0.25, -0.2) is 0 Å². The molecule has 7 heteroatoms. The average molecular weight is 394 g/mol. The molecule has 0 aromatic heterocycles. The van der Waals surface area contributed by atoms with Crippen molar-refractivity contribution in [3.8, 4) is 0 Å². The van der Waals surface area contributed by atoms with Gasteiger partial charge in [-0.1, -0.05) is 80.0 Å². The van der Waals surface area contributed by atoms with Gasteiger partial charge in [0.1, 0.15) is 0 Å². The standard InChI is InChI=1S/C15H18Cl4OP.Li/c1-8(6-15(2,3)4)7-21-14(20)11-12(18)9(16)5-10(17)13(11)19;/h5,8H,6-7H2,1-4H3;/q-1;+1. The van der Waals surface area contributed by atoms with Crippen LogP contribution in [0.25, 0.3) is 0 Å². The van der Waals surface area contributed by atoms with Crippen molar-refractivity contribution in [1.82, 2.24) is 0 Å². The van der Waals surface area contributed by atoms with E-state index in [0.29, 0.717) is 14.5 Å². The molecule has 1 unspecified atom stereocenters. The second-order valence-electron chi connectivity index (χ2n) is 6.36. The van der Waals surface area contributed by atoms with Gasteiger partial charge < -0.3 is 13.4 Å². The molecule has 0 aliphatic heterocycles. The van der Waals surface area contributed by atoms with Crippen LogP contribution in [0.1, 0.15) is 44.5 Å². The molecule has 1 atom stereocenters. The van der Waals surface area contributed by atoms with Gasteiger partial charge >= 0.3 is 18.9 Å². The van der Waals surface area contributed by atoms with Gasteiger partial charge in [0.05, 0.1) is 20.1 Å². The zero-order valence-electron chi connectivity index (χ0n) is 13.4. The molecule has 0 heterocycles. The predicted molar refractivity (Wildman–Crippen MR) is 95.8 cm³/mol. The zero-order chi connectivity index (χ0) is 16.4. The van der Waals surface area contributed by atoms with E-state index in [1.807, 2.05) is 0 Å². The Hall–Kier alpha value is 1.08. The first kappa shape index (κ1) is 23.1. The van der Waals surface area contributed by atoms with Crippen LogP contribution >= 0.6 is 55.0 Å². The topological polar surface area (TPSA) is 17.1 Å². The Morgan fingerprint density at radius 2 is 1.59 bits per heavy atom. The maximum absolute atomic E-state index is 12.4. The summed E-state index contributed by atoms with van der Waals surface area (Å²) >= 11 is 24.1. The molecule has 0 amide bonds. The first-order valence-corrected chi connectivity index (χ1v) is 9.17. The van der Waals surface area contributed by atoms with Gasteiger partial charge in [0, 0.05) is 11.1 Å². The Morgan fingerprint density at radius 3 is 2.00 bits per heavy atom. The molecule has 0 aliphatic carbocycles. The second-order valence-corrected chi connectivity index (χ2v) is 9.02. The smallest absolute Gasteiger partial charge is 0.459 e. The summed E-state index contributed by atoms with van der Waals surface area (Å²) in [6.07, 6.45) is 1.80. The van der Waals surface area contributed by atoms with E-state index in [2.05, 4.69) is 27.7 Å². The van der Waals surface area contributed by atoms with Crippen LogP contribution in [0.2, 0.25) is 20.1 Å². The number of halogens is 4. The number of rotatable bonds is 5. The molecular formula is C15H18Cl4LiOP. The van der Waals surface area contributed by atoms with E-state index in [0.717, 1.165) is 12.6 Å². The van der Waals surface area contributed by atoms with Crippen molar-refractivity contribution in [2.75, 3.05) is 6.16 Å². The van der Waals surface area contributed by atoms with Crippen molar-refractivity contribution in [2.24, 2.45) is 11.3 Å². The Morgan fingerprint density at radius 1 is 1.14 bits per heavy atom. The largest absolute Gasteiger partial charge is 1.00 e. The van der Waals surface area contributed by atoms with Crippen LogP contribution in [-0.2, 0) is 0 Å². The number of hydrogen-bond donors (Lipinski definition) is 0. The number of benzene rings is 1. The average Bonchev–Trinajstić information content (AvgIpc) is 2.32. The summed E-state index contributed by atoms with van der Waals surface area (Å²) < 4.78 is 0. The molecule has 0 fully saturated rings. The Kier molecular flexibility index (Phi) is 10.00. The summed E-state index contributed by atoms with van der Waals surface area (Å²) in [5.41, 5.74) is 0.322. The minimum Gasteiger partial charge on any atom is -0.459 e. The maximum atomic E-state index is 12.4. The first-order valence-electron chi connectivity index (χ1n) is 6.57. The predicted octanol–water partition coefficient (Wildman–Crippen LogP) is 4.46. The van der Waals surface area contributed by atoms with Crippen LogP contribution < -0.4 is 18.9 Å². The van der Waals surface area contributed by atoms with Crippen LogP contribution in [-0.4, -0.2) is 11.7 Å². The SMILES string of the molecule is CC(C[P-]C(=O)c1c(Cl)c(Cl)cc(Cl)c1Cl)CC(C)(C)C.[Li+]. The molecule has 1 aromatic carbocycles. The Balaban J connectivity index is 0.00000441. The molecule has 0 radical (unpaired) electrons. The van der Waals surface area contributed by atoms with Crippen LogP contribution in [0.4, 0.5) is 0 Å². The van der Waals surface area contributed by atoms with Crippen molar-refractivity contribution >= 4 is 60.5 Å². The summed E-state index contributed by atoms with van der Waals surface area (Å²) in [5, 5.41) is 0.832. The van der Waals surface area contributed by atoms with Crippen molar-refractivity contribution in [2.45, 2.75) is 34.1 Å². The van der Waals surface area contributed by atoms with Gasteiger partial charge in [0.25, 0.3) is 0 Å². The van der Waals surface area contributed by atoms with E-state index in [1.54, 1.807) is 0 Å². The van der Waals surface area contributed by atoms with E-state index in [9.17, 15) is 4.79 Å². The molecule has 118 valence electrons. The number of hydrogen-bond acceptors (Lipinski definition) is 1. The van der Waals surface area contributed by atoms with E-state index < -0.39 is 0 Å². The number of carbonyl (C=O) groups is 1. The van der Waals surface area contributed by atoms with Gasteiger partial charge in [-0.3, -0.25) is 0 Å². The Labute approximate surface area is 166 Å². The van der Waals surface area contributed by atoms with E-state index in [-0.39, 0.29) is 55.5 Å². The second kappa shape index (κ2) is 9.53. The fourth-order valence-electron chi connectivity index (χ4n) is 2.19. The number of carbonyl (C=O) groups excluding carboxylic acids is 1. The normalized spacial score (nSPS) is 13.3. The third-order valence-corrected chi connectivity index (χ3v) is 5.72. The maximum Gasteiger partial charge on any atom is 1.00 e. The minimum absolute atomic E-state index is 0. The monoisotopic (exact) mass is 392 g/mol. The molecule has 0 saturated heterocycles. The van der Waals surface area contributed by atoms with Crippen molar-refractivity contribution in [1.29, 1.82) is 0 Å². The van der Waals surface area contributed by atoms with Crippen LogP contribution in [0.5, 0.6) is 0 Å². The summed E-state index contributed by atoms with van der Waals surface area (Å²) in [6, 6.07) is 1.45. The molecule has 1 nitrogen and oxygen atoms in total. The molecule has 0 spiro atoms. The Bertz CT molecular complexity index is 517. The third kappa shape index (κ3) is 6.91. The first-order chi connectivity index (χ1) is 9.53. The molecule has 0 bridgehead atoms. The van der Waals surface area contributed by atoms with Crippen molar-refractivity contribution < 1.29 is 23.7 Å². The van der Waals surface area contributed by atoms with E-state index in [4.69, 9.17) is 46.4 Å². The summed E-state index contributed by atoms with van der Waals surface area (Å²) in [6.45, 7) is 8.70. The van der Waals surface area contributed by atoms with E-state index in [1.165, 1.54) is 6.07 Å². The summed E-state index contributed by atoms with van der Waals surface area (Å²) in [7, 11) is 0.655. The molecule has 0 saturated carbocycles. The van der Waals surface area contributed by atoms with Gasteiger partial charge in [-0.05, 0) is 17.9 Å². The fourth-order valence-corrected chi connectivity index (χ4v) is 4.29. The summed E-state index contributed by atoms with van der Waals surface area (Å²) in [4.78, 5) is 12.4. The van der Waals surface area contributed by atoms with Gasteiger partial charge in [-0.15, -0.1) is 0 Å². The molecule has 1 aromatic rings. The van der Waals surface area contributed by atoms with Crippen LogP contribution in [0.15, 0.2) is 6.07 Å². The summed E-state index contributed by atoms with van der Waals surface area (Å²) in [5.74, 6) is 0.433. The minimum atomic E-state index is -0.143. The molecule has 0 aliphatic rings. The van der Waals surface area contributed by atoms with E-state index >= 15 is 0 Å². The molecular weight excluding hydrogens is 376 g/mol. The van der Waals surface area contributed by atoms with Gasteiger partial charge in [-0.2, -0.15) is 6.16 Å².